The van der Waals surface area contributed by atoms with E-state index in [-0.39, 0.29) is 50.2 Å². The largest absolute Gasteiger partial charge is 0.310 e. The Morgan fingerprint density at radius 3 is 2.34 bits per heavy atom. The van der Waals surface area contributed by atoms with Crippen LogP contribution in [0.4, 0.5) is 17.6 Å². The molecule has 0 saturated heterocycles. The highest BCUT2D eigenvalue weighted by Crippen LogP contribution is 2.46. The van der Waals surface area contributed by atoms with E-state index in [1.54, 1.807) is 0 Å². The molecule has 0 aromatic carbocycles. The summed E-state index contributed by atoms with van der Waals surface area (Å²) in [6.07, 6.45) is -0.433. The normalized spacial score (nSPS) is 30.9. The second-order valence-corrected chi connectivity index (χ2v) is 8.06. The summed E-state index contributed by atoms with van der Waals surface area (Å²) in [6, 6.07) is 7.51. The van der Waals surface area contributed by atoms with Crippen molar-refractivity contribution in [1.82, 2.24) is 15.3 Å². The molecule has 1 N–H and O–H groups in total. The van der Waals surface area contributed by atoms with E-state index in [4.69, 9.17) is 0 Å². The molecule has 29 heavy (non-hydrogen) atoms. The van der Waals surface area contributed by atoms with Crippen LogP contribution in [0.5, 0.6) is 0 Å². The van der Waals surface area contributed by atoms with Gasteiger partial charge in [0.2, 0.25) is 0 Å². The Labute approximate surface area is 166 Å². The molecule has 0 unspecified atom stereocenters. The number of hydrogen-bond acceptors (Lipinski definition) is 4. The third-order valence-electron chi connectivity index (χ3n) is 5.97. The van der Waals surface area contributed by atoms with Crippen molar-refractivity contribution in [1.29, 1.82) is 5.26 Å². The number of rotatable bonds is 6. The van der Waals surface area contributed by atoms with Crippen molar-refractivity contribution in [2.45, 2.75) is 55.4 Å². The summed E-state index contributed by atoms with van der Waals surface area (Å²) in [7, 11) is 0. The summed E-state index contributed by atoms with van der Waals surface area (Å²) in [5.74, 6) is -1.10. The number of nitriles is 1. The van der Waals surface area contributed by atoms with Gasteiger partial charge in [0.1, 0.15) is 29.4 Å². The Balaban J connectivity index is 1.48. The van der Waals surface area contributed by atoms with E-state index in [0.29, 0.717) is 5.69 Å². The van der Waals surface area contributed by atoms with Crippen molar-refractivity contribution in [3.8, 4) is 6.07 Å². The molecule has 2 aliphatic carbocycles. The molecule has 0 bridgehead atoms. The minimum atomic E-state index is -1.23. The summed E-state index contributed by atoms with van der Waals surface area (Å²) in [6.45, 7) is 0.507. The maximum absolute atomic E-state index is 14.2. The lowest BCUT2D eigenvalue weighted by atomic mass is 9.65. The number of nitrogens with one attached hydrogen (secondary N) is 1. The lowest BCUT2D eigenvalue weighted by Crippen LogP contribution is -2.50. The summed E-state index contributed by atoms with van der Waals surface area (Å²) in [4.78, 5) is 8.36. The smallest absolute Gasteiger partial charge is 0.146 e. The Morgan fingerprint density at radius 2 is 1.72 bits per heavy atom. The van der Waals surface area contributed by atoms with E-state index in [9.17, 15) is 22.8 Å². The lowest BCUT2D eigenvalue weighted by Gasteiger charge is -2.44. The van der Waals surface area contributed by atoms with Crippen molar-refractivity contribution in [2.24, 2.45) is 0 Å². The van der Waals surface area contributed by atoms with Gasteiger partial charge in [-0.3, -0.25) is 9.97 Å². The number of nitrogens with zero attached hydrogens (tertiary/aromatic N) is 3. The van der Waals surface area contributed by atoms with Gasteiger partial charge in [0.05, 0.1) is 23.2 Å². The molecular formula is C21H20F4N4. The molecule has 0 amide bonds. The minimum Gasteiger partial charge on any atom is -0.310 e. The van der Waals surface area contributed by atoms with Crippen LogP contribution in [0.25, 0.3) is 0 Å². The first kappa shape index (κ1) is 19.8. The van der Waals surface area contributed by atoms with Crippen LogP contribution < -0.4 is 5.32 Å². The zero-order valence-electron chi connectivity index (χ0n) is 15.6. The number of hydrogen-bond donors (Lipinski definition) is 1. The summed E-state index contributed by atoms with van der Waals surface area (Å²) in [5, 5.41) is 12.5. The van der Waals surface area contributed by atoms with Crippen molar-refractivity contribution in [3.05, 3.63) is 59.2 Å². The van der Waals surface area contributed by atoms with Crippen molar-refractivity contribution >= 4 is 0 Å². The average molecular weight is 404 g/mol. The molecule has 0 atom stereocenters. The van der Waals surface area contributed by atoms with E-state index in [0.717, 1.165) is 0 Å². The molecule has 4 nitrogen and oxygen atoms in total. The molecule has 0 radical (unpaired) electrons. The van der Waals surface area contributed by atoms with Gasteiger partial charge in [-0.25, -0.2) is 17.6 Å². The van der Waals surface area contributed by atoms with Gasteiger partial charge in [-0.05, 0) is 37.1 Å². The molecule has 2 aliphatic rings. The zero-order chi connectivity index (χ0) is 20.6. The fourth-order valence-corrected chi connectivity index (χ4v) is 4.37. The van der Waals surface area contributed by atoms with Crippen LogP contribution >= 0.6 is 0 Å². The quantitative estimate of drug-likeness (QED) is 0.744. The molecule has 152 valence electrons. The van der Waals surface area contributed by atoms with Gasteiger partial charge in [0, 0.05) is 37.5 Å². The molecule has 0 aliphatic heterocycles. The van der Waals surface area contributed by atoms with Crippen molar-refractivity contribution < 1.29 is 17.6 Å². The van der Waals surface area contributed by atoms with Gasteiger partial charge in [-0.2, -0.15) is 5.26 Å². The topological polar surface area (TPSA) is 61.6 Å². The van der Waals surface area contributed by atoms with E-state index >= 15 is 0 Å². The summed E-state index contributed by atoms with van der Waals surface area (Å²) in [5.41, 5.74) is -1.29. The third-order valence-corrected chi connectivity index (χ3v) is 5.97. The predicted octanol–water partition coefficient (Wildman–Crippen LogP) is 3.81. The molecular weight excluding hydrogens is 384 g/mol. The van der Waals surface area contributed by atoms with Crippen LogP contribution in [0.15, 0.2) is 30.5 Å². The molecule has 2 saturated carbocycles. The molecule has 8 heteroatoms. The van der Waals surface area contributed by atoms with E-state index in [1.807, 2.05) is 6.07 Å². The Hall–Kier alpha value is -2.53. The highest BCUT2D eigenvalue weighted by Gasteiger charge is 2.50. The SMILES string of the molecule is N#CC1(c2nc(CNCC3(c4ncccc4F)CC(F)C3)ccc2F)CC(F)C1. The number of aromatic nitrogens is 2. The van der Waals surface area contributed by atoms with E-state index < -0.39 is 34.8 Å². The zero-order valence-corrected chi connectivity index (χ0v) is 15.6. The number of alkyl halides is 2. The third kappa shape index (κ3) is 3.48. The standard InChI is InChI=1S/C21H20F4N4/c22-13-6-20(7-13,11-26)19-17(25)4-3-15(29-19)10-27-12-21(8-14(23)9-21)18-16(24)2-1-5-28-18/h1-5,13-14,27H,6-10,12H2. The van der Waals surface area contributed by atoms with Crippen LogP contribution in [0.3, 0.4) is 0 Å². The molecule has 2 aromatic rings. The van der Waals surface area contributed by atoms with Crippen LogP contribution in [0.2, 0.25) is 0 Å². The fraction of sp³-hybridized carbons (Fsp3) is 0.476. The average Bonchev–Trinajstić information content (AvgIpc) is 2.65. The first-order valence-corrected chi connectivity index (χ1v) is 9.54. The van der Waals surface area contributed by atoms with Crippen LogP contribution in [-0.4, -0.2) is 28.9 Å². The molecule has 2 fully saturated rings. The van der Waals surface area contributed by atoms with Crippen molar-refractivity contribution in [3.63, 3.8) is 0 Å². The Kier molecular flexibility index (Phi) is 5.03. The predicted molar refractivity (Wildman–Crippen MR) is 97.3 cm³/mol. The van der Waals surface area contributed by atoms with Crippen LogP contribution in [-0.2, 0) is 17.4 Å². The highest BCUT2D eigenvalue weighted by atomic mass is 19.1. The molecule has 4 rings (SSSR count). The molecule has 2 heterocycles. The second kappa shape index (κ2) is 7.38. The summed E-state index contributed by atoms with van der Waals surface area (Å²) < 4.78 is 55.4. The second-order valence-electron chi connectivity index (χ2n) is 8.06. The number of pyridine rings is 2. The van der Waals surface area contributed by atoms with E-state index in [1.165, 1.54) is 30.5 Å². The lowest BCUT2D eigenvalue weighted by molar-refractivity contribution is 0.0855. The maximum atomic E-state index is 14.2. The minimum absolute atomic E-state index is 0.0360. The van der Waals surface area contributed by atoms with Gasteiger partial charge in [-0.15, -0.1) is 0 Å². The fourth-order valence-electron chi connectivity index (χ4n) is 4.37. The highest BCUT2D eigenvalue weighted by molar-refractivity contribution is 5.34. The van der Waals surface area contributed by atoms with Gasteiger partial charge < -0.3 is 5.32 Å². The van der Waals surface area contributed by atoms with Crippen LogP contribution in [0, 0.1) is 23.0 Å². The molecule has 0 spiro atoms. The van der Waals surface area contributed by atoms with Crippen LogP contribution in [0.1, 0.15) is 42.8 Å². The maximum Gasteiger partial charge on any atom is 0.146 e. The summed E-state index contributed by atoms with van der Waals surface area (Å²) >= 11 is 0. The van der Waals surface area contributed by atoms with Gasteiger partial charge >= 0.3 is 0 Å². The Bertz CT molecular complexity index is 946. The first-order chi connectivity index (χ1) is 13.9. The number of halogens is 4. The monoisotopic (exact) mass is 404 g/mol. The van der Waals surface area contributed by atoms with E-state index in [2.05, 4.69) is 15.3 Å². The molecule has 2 aromatic heterocycles. The van der Waals surface area contributed by atoms with Gasteiger partial charge in [0.25, 0.3) is 0 Å². The van der Waals surface area contributed by atoms with Gasteiger partial charge in [0.15, 0.2) is 0 Å². The Morgan fingerprint density at radius 1 is 1.03 bits per heavy atom. The first-order valence-electron chi connectivity index (χ1n) is 9.54. The van der Waals surface area contributed by atoms with Gasteiger partial charge in [-0.1, -0.05) is 0 Å². The van der Waals surface area contributed by atoms with Crippen molar-refractivity contribution in [2.75, 3.05) is 6.54 Å².